The minimum Gasteiger partial charge on any atom is -0.392 e. The molecule has 1 unspecified atom stereocenters. The summed E-state index contributed by atoms with van der Waals surface area (Å²) in [7, 11) is 0. The van der Waals surface area contributed by atoms with Crippen molar-refractivity contribution in [2.24, 2.45) is 0 Å². The number of aryl methyl sites for hydroxylation is 1. The van der Waals surface area contributed by atoms with Crippen molar-refractivity contribution in [1.82, 2.24) is 0 Å². The molecule has 2 rings (SSSR count). The second-order valence-corrected chi connectivity index (χ2v) is 5.03. The molecule has 1 saturated heterocycles. The average Bonchev–Trinajstić information content (AvgIpc) is 2.92. The molecule has 0 aromatic heterocycles. The number of aliphatic hydroxyl groups is 1. The van der Waals surface area contributed by atoms with Gasteiger partial charge in [-0.1, -0.05) is 12.1 Å². The SMILES string of the molecule is Cc1ccc(CO)cc1NC(=O)CCC1CCCO1. The summed E-state index contributed by atoms with van der Waals surface area (Å²) >= 11 is 0. The van der Waals surface area contributed by atoms with Gasteiger partial charge in [0.25, 0.3) is 0 Å². The van der Waals surface area contributed by atoms with Gasteiger partial charge in [-0.25, -0.2) is 0 Å². The Morgan fingerprint density at radius 1 is 1.53 bits per heavy atom. The molecule has 1 atom stereocenters. The van der Waals surface area contributed by atoms with E-state index in [1.54, 1.807) is 0 Å². The Bertz CT molecular complexity index is 439. The number of ether oxygens (including phenoxy) is 1. The maximum absolute atomic E-state index is 11.9. The lowest BCUT2D eigenvalue weighted by atomic mass is 10.1. The molecule has 1 aromatic rings. The monoisotopic (exact) mass is 263 g/mol. The van der Waals surface area contributed by atoms with Crippen LogP contribution in [-0.4, -0.2) is 23.7 Å². The van der Waals surface area contributed by atoms with Crippen molar-refractivity contribution in [3.63, 3.8) is 0 Å². The highest BCUT2D eigenvalue weighted by molar-refractivity contribution is 5.91. The average molecular weight is 263 g/mol. The van der Waals surface area contributed by atoms with Crippen LogP contribution in [0.2, 0.25) is 0 Å². The Morgan fingerprint density at radius 3 is 3.05 bits per heavy atom. The minimum absolute atomic E-state index is 0.00805. The van der Waals surface area contributed by atoms with Gasteiger partial charge in [-0.3, -0.25) is 4.79 Å². The van der Waals surface area contributed by atoms with E-state index in [2.05, 4.69) is 5.32 Å². The summed E-state index contributed by atoms with van der Waals surface area (Å²) in [6.45, 7) is 2.75. The van der Waals surface area contributed by atoms with Crippen molar-refractivity contribution in [1.29, 1.82) is 0 Å². The van der Waals surface area contributed by atoms with Crippen LogP contribution in [0.25, 0.3) is 0 Å². The number of rotatable bonds is 5. The molecule has 1 aromatic carbocycles. The molecule has 0 radical (unpaired) electrons. The van der Waals surface area contributed by atoms with Gasteiger partial charge >= 0.3 is 0 Å². The number of carbonyl (C=O) groups excluding carboxylic acids is 1. The van der Waals surface area contributed by atoms with E-state index >= 15 is 0 Å². The number of amides is 1. The predicted octanol–water partition coefficient (Wildman–Crippen LogP) is 2.39. The van der Waals surface area contributed by atoms with Crippen molar-refractivity contribution >= 4 is 11.6 Å². The van der Waals surface area contributed by atoms with Crippen LogP contribution in [0.3, 0.4) is 0 Å². The first-order chi connectivity index (χ1) is 9.19. The van der Waals surface area contributed by atoms with Crippen molar-refractivity contribution in [2.75, 3.05) is 11.9 Å². The molecule has 0 aliphatic carbocycles. The van der Waals surface area contributed by atoms with Gasteiger partial charge in [0.15, 0.2) is 0 Å². The molecule has 0 spiro atoms. The molecule has 4 nitrogen and oxygen atoms in total. The Morgan fingerprint density at radius 2 is 2.37 bits per heavy atom. The predicted molar refractivity (Wildman–Crippen MR) is 73.9 cm³/mol. The van der Waals surface area contributed by atoms with Gasteiger partial charge < -0.3 is 15.2 Å². The summed E-state index contributed by atoms with van der Waals surface area (Å²) < 4.78 is 5.50. The quantitative estimate of drug-likeness (QED) is 0.857. The first-order valence-corrected chi connectivity index (χ1v) is 6.81. The van der Waals surface area contributed by atoms with Gasteiger partial charge in [0.05, 0.1) is 12.7 Å². The molecular weight excluding hydrogens is 242 g/mol. The molecule has 1 aliphatic rings. The van der Waals surface area contributed by atoms with Crippen LogP contribution in [0.4, 0.5) is 5.69 Å². The lowest BCUT2D eigenvalue weighted by Gasteiger charge is -2.11. The molecule has 1 amide bonds. The largest absolute Gasteiger partial charge is 0.392 e. The summed E-state index contributed by atoms with van der Waals surface area (Å²) in [6.07, 6.45) is 3.67. The van der Waals surface area contributed by atoms with Crippen molar-refractivity contribution in [3.05, 3.63) is 29.3 Å². The zero-order chi connectivity index (χ0) is 13.7. The summed E-state index contributed by atoms with van der Waals surface area (Å²) in [5.41, 5.74) is 2.59. The van der Waals surface area contributed by atoms with Crippen molar-refractivity contribution in [3.8, 4) is 0 Å². The molecule has 1 fully saturated rings. The Hall–Kier alpha value is -1.39. The topological polar surface area (TPSA) is 58.6 Å². The fourth-order valence-electron chi connectivity index (χ4n) is 2.28. The third-order valence-corrected chi connectivity index (χ3v) is 3.48. The maximum Gasteiger partial charge on any atom is 0.224 e. The van der Waals surface area contributed by atoms with Crippen LogP contribution in [0.5, 0.6) is 0 Å². The van der Waals surface area contributed by atoms with E-state index in [0.717, 1.165) is 42.7 Å². The van der Waals surface area contributed by atoms with E-state index in [4.69, 9.17) is 9.84 Å². The van der Waals surface area contributed by atoms with Crippen LogP contribution < -0.4 is 5.32 Å². The lowest BCUT2D eigenvalue weighted by molar-refractivity contribution is -0.116. The third-order valence-electron chi connectivity index (χ3n) is 3.48. The summed E-state index contributed by atoms with van der Waals surface area (Å²) in [5.74, 6) is 0.00805. The number of aliphatic hydroxyl groups excluding tert-OH is 1. The van der Waals surface area contributed by atoms with Crippen LogP contribution in [0, 0.1) is 6.92 Å². The van der Waals surface area contributed by atoms with Crippen molar-refractivity contribution in [2.45, 2.75) is 45.3 Å². The van der Waals surface area contributed by atoms with Gasteiger partial charge in [0.2, 0.25) is 5.91 Å². The molecule has 4 heteroatoms. The molecule has 2 N–H and O–H groups in total. The smallest absolute Gasteiger partial charge is 0.224 e. The molecule has 0 bridgehead atoms. The van der Waals surface area contributed by atoms with E-state index in [0.29, 0.717) is 6.42 Å². The minimum atomic E-state index is -0.0148. The van der Waals surface area contributed by atoms with Gasteiger partial charge in [-0.05, 0) is 43.4 Å². The number of hydrogen-bond donors (Lipinski definition) is 2. The number of hydrogen-bond acceptors (Lipinski definition) is 3. The number of nitrogens with one attached hydrogen (secondary N) is 1. The lowest BCUT2D eigenvalue weighted by Crippen LogP contribution is -2.16. The highest BCUT2D eigenvalue weighted by Crippen LogP contribution is 2.19. The summed E-state index contributed by atoms with van der Waals surface area (Å²) in [4.78, 5) is 11.9. The number of benzene rings is 1. The van der Waals surface area contributed by atoms with Gasteiger partial charge in [0, 0.05) is 18.7 Å². The van der Waals surface area contributed by atoms with Gasteiger partial charge in [0.1, 0.15) is 0 Å². The Labute approximate surface area is 113 Å². The van der Waals surface area contributed by atoms with Crippen LogP contribution in [0.15, 0.2) is 18.2 Å². The zero-order valence-electron chi connectivity index (χ0n) is 11.3. The van der Waals surface area contributed by atoms with E-state index in [9.17, 15) is 4.79 Å². The second kappa shape index (κ2) is 6.68. The number of anilines is 1. The first-order valence-electron chi connectivity index (χ1n) is 6.81. The highest BCUT2D eigenvalue weighted by atomic mass is 16.5. The zero-order valence-corrected chi connectivity index (χ0v) is 11.3. The standard InChI is InChI=1S/C15H21NO3/c1-11-4-5-12(10-17)9-14(11)16-15(18)7-6-13-3-2-8-19-13/h4-5,9,13,17H,2-3,6-8,10H2,1H3,(H,16,18). The Balaban J connectivity index is 1.87. The molecule has 1 heterocycles. The van der Waals surface area contributed by atoms with Gasteiger partial charge in [-0.15, -0.1) is 0 Å². The molecule has 19 heavy (non-hydrogen) atoms. The normalized spacial score (nSPS) is 18.5. The maximum atomic E-state index is 11.9. The van der Waals surface area contributed by atoms with Crippen molar-refractivity contribution < 1.29 is 14.6 Å². The van der Waals surface area contributed by atoms with Crippen LogP contribution in [0.1, 0.15) is 36.8 Å². The second-order valence-electron chi connectivity index (χ2n) is 5.03. The van der Waals surface area contributed by atoms with Crippen LogP contribution in [-0.2, 0) is 16.1 Å². The fraction of sp³-hybridized carbons (Fsp3) is 0.533. The fourth-order valence-corrected chi connectivity index (χ4v) is 2.28. The van der Waals surface area contributed by atoms with E-state index in [-0.39, 0.29) is 18.6 Å². The highest BCUT2D eigenvalue weighted by Gasteiger charge is 2.16. The van der Waals surface area contributed by atoms with E-state index in [1.165, 1.54) is 0 Å². The van der Waals surface area contributed by atoms with Crippen LogP contribution >= 0.6 is 0 Å². The van der Waals surface area contributed by atoms with Gasteiger partial charge in [-0.2, -0.15) is 0 Å². The summed E-state index contributed by atoms with van der Waals surface area (Å²) in [5, 5.41) is 12.0. The van der Waals surface area contributed by atoms with E-state index in [1.807, 2.05) is 25.1 Å². The molecule has 104 valence electrons. The Kier molecular flexibility index (Phi) is 4.93. The molecular formula is C15H21NO3. The number of carbonyl (C=O) groups is 1. The molecule has 1 aliphatic heterocycles. The van der Waals surface area contributed by atoms with E-state index < -0.39 is 0 Å². The summed E-state index contributed by atoms with van der Waals surface area (Å²) in [6, 6.07) is 5.58. The molecule has 0 saturated carbocycles. The first kappa shape index (κ1) is 14.0. The third kappa shape index (κ3) is 4.04.